The quantitative estimate of drug-likeness (QED) is 0.737. The number of aryl methyl sites for hydroxylation is 1. The normalized spacial score (nSPS) is 13.1. The van der Waals surface area contributed by atoms with Crippen molar-refractivity contribution in [1.82, 2.24) is 15.1 Å². The number of hydrogen-bond acceptors (Lipinski definition) is 4. The van der Waals surface area contributed by atoms with E-state index in [0.29, 0.717) is 0 Å². The molecule has 1 atom stereocenters. The fourth-order valence-corrected chi connectivity index (χ4v) is 4.52. The summed E-state index contributed by atoms with van der Waals surface area (Å²) in [6.45, 7) is 6.26. The molecule has 0 saturated heterocycles. The summed E-state index contributed by atoms with van der Waals surface area (Å²) in [7, 11) is 0. The van der Waals surface area contributed by atoms with Crippen LogP contribution in [-0.4, -0.2) is 16.3 Å². The summed E-state index contributed by atoms with van der Waals surface area (Å²) in [4.78, 5) is 1.39. The number of fused-ring (bicyclic) bond motifs is 1. The van der Waals surface area contributed by atoms with Crippen LogP contribution in [-0.2, 0) is 6.54 Å². The maximum absolute atomic E-state index is 4.41. The molecule has 3 aromatic rings. The molecule has 5 heteroatoms. The van der Waals surface area contributed by atoms with Crippen molar-refractivity contribution in [3.63, 3.8) is 0 Å². The average molecular weight is 305 g/mol. The van der Waals surface area contributed by atoms with Gasteiger partial charge < -0.3 is 5.32 Å². The summed E-state index contributed by atoms with van der Waals surface area (Å²) in [5.41, 5.74) is 1.26. The Kier molecular flexibility index (Phi) is 4.19. The Labute approximate surface area is 127 Å². The maximum Gasteiger partial charge on any atom is 0.0702 e. The molecule has 0 aliphatic heterocycles. The minimum atomic E-state index is 0.264. The van der Waals surface area contributed by atoms with Crippen molar-refractivity contribution in [2.75, 3.05) is 6.54 Å². The van der Waals surface area contributed by atoms with Gasteiger partial charge in [-0.1, -0.05) is 6.92 Å². The Bertz CT molecular complexity index is 651. The van der Waals surface area contributed by atoms with E-state index in [4.69, 9.17) is 0 Å². The zero-order valence-corrected chi connectivity index (χ0v) is 13.4. The van der Waals surface area contributed by atoms with Crippen molar-refractivity contribution >= 4 is 32.1 Å². The molecule has 0 spiro atoms. The van der Waals surface area contributed by atoms with E-state index in [-0.39, 0.29) is 6.04 Å². The lowest BCUT2D eigenvalue weighted by Crippen LogP contribution is -2.22. The first-order valence-corrected chi connectivity index (χ1v) is 8.74. The molecular formula is C15H19N3S2. The highest BCUT2D eigenvalue weighted by molar-refractivity contribution is 7.27. The molecule has 106 valence electrons. The molecular weight excluding hydrogens is 286 g/mol. The summed E-state index contributed by atoms with van der Waals surface area (Å²) in [6, 6.07) is 4.79. The van der Waals surface area contributed by atoms with Crippen LogP contribution in [0.25, 0.3) is 9.40 Å². The molecule has 3 rings (SSSR count). The van der Waals surface area contributed by atoms with Crippen LogP contribution in [0.1, 0.15) is 36.8 Å². The lowest BCUT2D eigenvalue weighted by Gasteiger charge is -2.15. The fourth-order valence-electron chi connectivity index (χ4n) is 2.30. The molecule has 1 N–H and O–H groups in total. The second-order valence-electron chi connectivity index (χ2n) is 4.81. The summed E-state index contributed by atoms with van der Waals surface area (Å²) in [5.74, 6) is 0. The topological polar surface area (TPSA) is 29.9 Å². The van der Waals surface area contributed by atoms with Gasteiger partial charge in [-0.25, -0.2) is 0 Å². The molecule has 3 aromatic heterocycles. The summed E-state index contributed by atoms with van der Waals surface area (Å²) in [5, 5.41) is 10.2. The van der Waals surface area contributed by atoms with Gasteiger partial charge in [-0.3, -0.25) is 4.68 Å². The zero-order valence-electron chi connectivity index (χ0n) is 11.8. The van der Waals surface area contributed by atoms with Gasteiger partial charge in [0, 0.05) is 32.6 Å². The van der Waals surface area contributed by atoms with Crippen LogP contribution in [0.4, 0.5) is 0 Å². The van der Waals surface area contributed by atoms with Gasteiger partial charge in [0.1, 0.15) is 0 Å². The molecule has 0 saturated carbocycles. The van der Waals surface area contributed by atoms with Gasteiger partial charge in [-0.15, -0.1) is 22.7 Å². The molecule has 0 aliphatic rings. The average Bonchev–Trinajstić information content (AvgIpc) is 3.14. The smallest absolute Gasteiger partial charge is 0.0702 e. The monoisotopic (exact) mass is 305 g/mol. The summed E-state index contributed by atoms with van der Waals surface area (Å²) >= 11 is 3.70. The first-order valence-electron chi connectivity index (χ1n) is 7.04. The first kappa shape index (κ1) is 13.8. The van der Waals surface area contributed by atoms with E-state index in [1.54, 1.807) is 0 Å². The molecule has 3 heterocycles. The van der Waals surface area contributed by atoms with Crippen molar-refractivity contribution in [3.8, 4) is 0 Å². The van der Waals surface area contributed by atoms with Gasteiger partial charge in [0.15, 0.2) is 0 Å². The van der Waals surface area contributed by atoms with Crippen LogP contribution in [0.2, 0.25) is 0 Å². The van der Waals surface area contributed by atoms with Gasteiger partial charge in [0.05, 0.1) is 12.2 Å². The lowest BCUT2D eigenvalue weighted by atomic mass is 10.1. The molecule has 0 amide bonds. The predicted molar refractivity (Wildman–Crippen MR) is 87.7 cm³/mol. The third-order valence-electron chi connectivity index (χ3n) is 3.35. The fraction of sp³-hybridized carbons (Fsp3) is 0.400. The van der Waals surface area contributed by atoms with Crippen LogP contribution in [0, 0.1) is 0 Å². The van der Waals surface area contributed by atoms with Crippen molar-refractivity contribution < 1.29 is 0 Å². The van der Waals surface area contributed by atoms with Crippen LogP contribution >= 0.6 is 22.7 Å². The first-order chi connectivity index (χ1) is 9.81. The second-order valence-corrected chi connectivity index (χ2v) is 6.88. The van der Waals surface area contributed by atoms with E-state index in [1.165, 1.54) is 19.8 Å². The largest absolute Gasteiger partial charge is 0.306 e. The van der Waals surface area contributed by atoms with E-state index in [0.717, 1.165) is 19.5 Å². The standard InChI is InChI=1S/C15H19N3S2/c1-3-6-16-15(11-9-17-18(4-2)10-11)14-8-13-12(20-14)5-7-19-13/h5,7-10,15-16H,3-4,6H2,1-2H3. The SMILES string of the molecule is CCCNC(c1cnn(CC)c1)c1cc2sccc2s1. The molecule has 0 radical (unpaired) electrons. The number of nitrogens with one attached hydrogen (secondary N) is 1. The summed E-state index contributed by atoms with van der Waals surface area (Å²) in [6.07, 6.45) is 5.28. The van der Waals surface area contributed by atoms with Crippen molar-refractivity contribution in [2.24, 2.45) is 0 Å². The predicted octanol–water partition coefficient (Wildman–Crippen LogP) is 4.27. The molecule has 20 heavy (non-hydrogen) atoms. The maximum atomic E-state index is 4.41. The highest BCUT2D eigenvalue weighted by Gasteiger charge is 2.18. The molecule has 0 aliphatic carbocycles. The van der Waals surface area contributed by atoms with E-state index < -0.39 is 0 Å². The number of thiophene rings is 2. The molecule has 0 aromatic carbocycles. The Balaban J connectivity index is 1.94. The minimum Gasteiger partial charge on any atom is -0.306 e. The zero-order chi connectivity index (χ0) is 13.9. The van der Waals surface area contributed by atoms with Gasteiger partial charge in [-0.2, -0.15) is 5.10 Å². The van der Waals surface area contributed by atoms with Crippen molar-refractivity contribution in [3.05, 3.63) is 40.3 Å². The third-order valence-corrected chi connectivity index (χ3v) is 5.51. The van der Waals surface area contributed by atoms with Gasteiger partial charge in [-0.05, 0) is 37.4 Å². The third kappa shape index (κ3) is 2.66. The molecule has 3 nitrogen and oxygen atoms in total. The van der Waals surface area contributed by atoms with Crippen molar-refractivity contribution in [1.29, 1.82) is 0 Å². The number of nitrogens with zero attached hydrogens (tertiary/aromatic N) is 2. The Hall–Kier alpha value is -1.17. The van der Waals surface area contributed by atoms with Crippen molar-refractivity contribution in [2.45, 2.75) is 32.9 Å². The lowest BCUT2D eigenvalue weighted by molar-refractivity contribution is 0.603. The van der Waals surface area contributed by atoms with Crippen LogP contribution < -0.4 is 5.32 Å². The highest BCUT2D eigenvalue weighted by Crippen LogP contribution is 2.35. The number of hydrogen-bond donors (Lipinski definition) is 1. The van der Waals surface area contributed by atoms with Crippen LogP contribution in [0.15, 0.2) is 29.9 Å². The van der Waals surface area contributed by atoms with E-state index in [1.807, 2.05) is 33.6 Å². The van der Waals surface area contributed by atoms with E-state index >= 15 is 0 Å². The molecule has 1 unspecified atom stereocenters. The van der Waals surface area contributed by atoms with Gasteiger partial charge >= 0.3 is 0 Å². The van der Waals surface area contributed by atoms with E-state index in [2.05, 4.69) is 48.0 Å². The number of rotatable bonds is 6. The second kappa shape index (κ2) is 6.08. The Morgan fingerprint density at radius 2 is 2.25 bits per heavy atom. The summed E-state index contributed by atoms with van der Waals surface area (Å²) < 4.78 is 4.76. The van der Waals surface area contributed by atoms with Crippen LogP contribution in [0.3, 0.4) is 0 Å². The molecule has 0 bridgehead atoms. The minimum absolute atomic E-state index is 0.264. The Morgan fingerprint density at radius 3 is 2.95 bits per heavy atom. The Morgan fingerprint density at radius 1 is 1.35 bits per heavy atom. The van der Waals surface area contributed by atoms with Crippen LogP contribution in [0.5, 0.6) is 0 Å². The van der Waals surface area contributed by atoms with Gasteiger partial charge in [0.2, 0.25) is 0 Å². The van der Waals surface area contributed by atoms with E-state index in [9.17, 15) is 0 Å². The van der Waals surface area contributed by atoms with Gasteiger partial charge in [0.25, 0.3) is 0 Å². The number of aromatic nitrogens is 2. The molecule has 0 fully saturated rings. The highest BCUT2D eigenvalue weighted by atomic mass is 32.1.